The van der Waals surface area contributed by atoms with Crippen LogP contribution < -0.4 is 0 Å². The Balaban J connectivity index is 1.27. The predicted octanol–water partition coefficient (Wildman–Crippen LogP) is 11.6. The lowest BCUT2D eigenvalue weighted by Gasteiger charge is -2.15. The quantitative estimate of drug-likeness (QED) is 0.180. The predicted molar refractivity (Wildman–Crippen MR) is 220 cm³/mol. The molecule has 54 heavy (non-hydrogen) atoms. The first-order valence-electron chi connectivity index (χ1n) is 18.1. The van der Waals surface area contributed by atoms with E-state index >= 15 is 0 Å². The Kier molecular flexibility index (Phi) is 6.75. The summed E-state index contributed by atoms with van der Waals surface area (Å²) >= 11 is 0. The van der Waals surface area contributed by atoms with Gasteiger partial charge in [-0.15, -0.1) is 0 Å². The van der Waals surface area contributed by atoms with Gasteiger partial charge >= 0.3 is 0 Å². The van der Waals surface area contributed by atoms with Crippen molar-refractivity contribution in [3.8, 4) is 45.5 Å². The molecule has 6 heteroatoms. The number of hydrogen-bond donors (Lipinski definition) is 0. The second-order valence-electron chi connectivity index (χ2n) is 13.5. The van der Waals surface area contributed by atoms with Gasteiger partial charge in [0.25, 0.3) is 0 Å². The number of nitrogens with zero attached hydrogens (tertiary/aromatic N) is 6. The maximum Gasteiger partial charge on any atom is 0.236 e. The van der Waals surface area contributed by atoms with Gasteiger partial charge in [0.05, 0.1) is 22.1 Å². The molecule has 6 nitrogen and oxygen atoms in total. The zero-order valence-corrected chi connectivity index (χ0v) is 29.0. The fraction of sp³-hybridized carbons (Fsp3) is 0. The average Bonchev–Trinajstić information content (AvgIpc) is 3.75. The van der Waals surface area contributed by atoms with Gasteiger partial charge in [-0.3, -0.25) is 4.57 Å². The van der Waals surface area contributed by atoms with E-state index in [1.165, 1.54) is 5.39 Å². The molecule has 0 atom stereocenters. The molecule has 11 rings (SSSR count). The van der Waals surface area contributed by atoms with Crippen LogP contribution in [0, 0.1) is 0 Å². The standard InChI is InChI=1S/C48H30N6/c1-5-17-31(18-6-1)43-46-45(50-47(49-43)33-21-9-3-10-22-33)44(32-19-7-2-8-20-32)51-48(52-46)54-40-28-16-14-26-36(40)38-29-41-37(30-42(38)54)35-25-13-15-27-39(35)53(41)34-23-11-4-12-24-34/h1-30H. The van der Waals surface area contributed by atoms with Crippen LogP contribution >= 0.6 is 0 Å². The van der Waals surface area contributed by atoms with E-state index < -0.39 is 0 Å². The Bertz CT molecular complexity index is 3190. The molecule has 7 aromatic carbocycles. The second-order valence-corrected chi connectivity index (χ2v) is 13.5. The summed E-state index contributed by atoms with van der Waals surface area (Å²) in [4.78, 5) is 21.3. The zero-order valence-electron chi connectivity index (χ0n) is 29.0. The van der Waals surface area contributed by atoms with E-state index in [0.717, 1.165) is 72.0 Å². The summed E-state index contributed by atoms with van der Waals surface area (Å²) in [5, 5.41) is 4.61. The summed E-state index contributed by atoms with van der Waals surface area (Å²) < 4.78 is 4.58. The van der Waals surface area contributed by atoms with Gasteiger partial charge in [-0.25, -0.2) is 19.9 Å². The molecular weight excluding hydrogens is 661 g/mol. The third-order valence-corrected chi connectivity index (χ3v) is 10.3. The molecule has 0 radical (unpaired) electrons. The lowest BCUT2D eigenvalue weighted by Crippen LogP contribution is -2.06. The highest BCUT2D eigenvalue weighted by Crippen LogP contribution is 2.40. The number of hydrogen-bond acceptors (Lipinski definition) is 4. The van der Waals surface area contributed by atoms with E-state index in [1.54, 1.807) is 0 Å². The molecule has 0 N–H and O–H groups in total. The zero-order chi connectivity index (χ0) is 35.6. The van der Waals surface area contributed by atoms with Gasteiger partial charge in [0.2, 0.25) is 5.95 Å². The van der Waals surface area contributed by atoms with Crippen molar-refractivity contribution in [2.24, 2.45) is 0 Å². The molecule has 4 aromatic heterocycles. The molecule has 0 aliphatic carbocycles. The first-order valence-corrected chi connectivity index (χ1v) is 18.1. The number of aromatic nitrogens is 6. The van der Waals surface area contributed by atoms with Crippen LogP contribution in [0.5, 0.6) is 0 Å². The normalized spacial score (nSPS) is 11.7. The maximum absolute atomic E-state index is 5.43. The van der Waals surface area contributed by atoms with Crippen molar-refractivity contribution < 1.29 is 0 Å². The van der Waals surface area contributed by atoms with Crippen LogP contribution in [0.1, 0.15) is 0 Å². The van der Waals surface area contributed by atoms with E-state index in [2.05, 4.69) is 124 Å². The van der Waals surface area contributed by atoms with Gasteiger partial charge in [0.1, 0.15) is 22.4 Å². The molecule has 0 aliphatic heterocycles. The van der Waals surface area contributed by atoms with Crippen LogP contribution in [0.15, 0.2) is 182 Å². The highest BCUT2D eigenvalue weighted by atomic mass is 15.2. The van der Waals surface area contributed by atoms with E-state index in [0.29, 0.717) is 22.8 Å². The Morgan fingerprint density at radius 2 is 0.759 bits per heavy atom. The molecule has 4 heterocycles. The fourth-order valence-corrected chi connectivity index (χ4v) is 7.92. The first-order chi connectivity index (χ1) is 26.8. The number of para-hydroxylation sites is 3. The van der Waals surface area contributed by atoms with E-state index in [4.69, 9.17) is 19.9 Å². The average molecular weight is 691 g/mol. The number of rotatable bonds is 5. The van der Waals surface area contributed by atoms with Crippen molar-refractivity contribution in [2.75, 3.05) is 0 Å². The summed E-state index contributed by atoms with van der Waals surface area (Å²) in [6.45, 7) is 0. The van der Waals surface area contributed by atoms with Gasteiger partial charge in [0.15, 0.2) is 5.82 Å². The van der Waals surface area contributed by atoms with Crippen LogP contribution in [-0.4, -0.2) is 29.1 Å². The molecule has 0 unspecified atom stereocenters. The van der Waals surface area contributed by atoms with Crippen LogP contribution in [0.25, 0.3) is 100 Å². The van der Waals surface area contributed by atoms with Gasteiger partial charge in [-0.2, -0.15) is 0 Å². The SMILES string of the molecule is c1ccc(-c2nc(-c3ccccc3)c3nc(-n4c5ccccc5c5cc6c(cc54)c4ccccc4n6-c4ccccc4)nc(-c4ccccc4)c3n2)cc1. The topological polar surface area (TPSA) is 61.4 Å². The van der Waals surface area contributed by atoms with Crippen molar-refractivity contribution in [3.63, 3.8) is 0 Å². The summed E-state index contributed by atoms with van der Waals surface area (Å²) in [6, 6.07) is 63.1. The van der Waals surface area contributed by atoms with E-state index in [9.17, 15) is 0 Å². The van der Waals surface area contributed by atoms with Crippen molar-refractivity contribution in [2.45, 2.75) is 0 Å². The molecule has 11 aromatic rings. The van der Waals surface area contributed by atoms with Crippen molar-refractivity contribution >= 4 is 54.6 Å². The Labute approximate surface area is 310 Å². The van der Waals surface area contributed by atoms with Crippen molar-refractivity contribution in [1.29, 1.82) is 0 Å². The lowest BCUT2D eigenvalue weighted by atomic mass is 10.1. The molecule has 0 saturated heterocycles. The molecule has 252 valence electrons. The molecule has 0 spiro atoms. The minimum atomic E-state index is 0.562. The van der Waals surface area contributed by atoms with E-state index in [-0.39, 0.29) is 0 Å². The molecule has 0 saturated carbocycles. The van der Waals surface area contributed by atoms with Crippen molar-refractivity contribution in [3.05, 3.63) is 182 Å². The summed E-state index contributed by atoms with van der Waals surface area (Å²) in [5.41, 5.74) is 11.2. The molecule has 0 fully saturated rings. The Morgan fingerprint density at radius 1 is 0.315 bits per heavy atom. The smallest absolute Gasteiger partial charge is 0.236 e. The Morgan fingerprint density at radius 3 is 1.35 bits per heavy atom. The highest BCUT2D eigenvalue weighted by molar-refractivity contribution is 6.19. The molecule has 0 amide bonds. The third-order valence-electron chi connectivity index (χ3n) is 10.3. The third kappa shape index (κ3) is 4.67. The van der Waals surface area contributed by atoms with Gasteiger partial charge < -0.3 is 4.57 Å². The summed E-state index contributed by atoms with van der Waals surface area (Å²) in [7, 11) is 0. The largest absolute Gasteiger partial charge is 0.309 e. The number of fused-ring (bicyclic) bond motifs is 7. The van der Waals surface area contributed by atoms with Gasteiger partial charge in [-0.05, 0) is 36.4 Å². The van der Waals surface area contributed by atoms with Crippen molar-refractivity contribution in [1.82, 2.24) is 29.1 Å². The summed E-state index contributed by atoms with van der Waals surface area (Å²) in [6.07, 6.45) is 0. The molecular formula is C48H30N6. The van der Waals surface area contributed by atoms with Crippen LogP contribution in [-0.2, 0) is 0 Å². The van der Waals surface area contributed by atoms with E-state index in [1.807, 2.05) is 66.7 Å². The lowest BCUT2D eigenvalue weighted by molar-refractivity contribution is 1.01. The molecule has 0 aliphatic rings. The highest BCUT2D eigenvalue weighted by Gasteiger charge is 2.23. The summed E-state index contributed by atoms with van der Waals surface area (Å²) in [5.74, 6) is 1.19. The van der Waals surface area contributed by atoms with Gasteiger partial charge in [-0.1, -0.05) is 146 Å². The second kappa shape index (κ2) is 12.1. The van der Waals surface area contributed by atoms with Gasteiger partial charge in [0, 0.05) is 43.9 Å². The fourth-order valence-electron chi connectivity index (χ4n) is 7.92. The van der Waals surface area contributed by atoms with Crippen LogP contribution in [0.4, 0.5) is 0 Å². The maximum atomic E-state index is 5.43. The minimum Gasteiger partial charge on any atom is -0.309 e. The molecule has 0 bridgehead atoms. The minimum absolute atomic E-state index is 0.562. The Hall–Kier alpha value is -7.44. The number of benzene rings is 7. The van der Waals surface area contributed by atoms with Crippen LogP contribution in [0.3, 0.4) is 0 Å². The monoisotopic (exact) mass is 690 g/mol. The first kappa shape index (κ1) is 30.2. The van der Waals surface area contributed by atoms with Crippen LogP contribution in [0.2, 0.25) is 0 Å².